The van der Waals surface area contributed by atoms with Gasteiger partial charge in [0.05, 0.1) is 11.4 Å². The molecular weight excluding hydrogens is 552 g/mol. The number of nitrogens with zero attached hydrogens (tertiary/aromatic N) is 4. The normalized spacial score (nSPS) is 15.6. The Labute approximate surface area is 260 Å². The van der Waals surface area contributed by atoms with Crippen LogP contribution < -0.4 is 4.90 Å². The lowest BCUT2D eigenvalue weighted by molar-refractivity contribution is 0.669. The molecule has 0 saturated carbocycles. The van der Waals surface area contributed by atoms with Crippen LogP contribution in [0.25, 0.3) is 61.4 Å². The van der Waals surface area contributed by atoms with Crippen LogP contribution in [0.1, 0.15) is 18.9 Å². The van der Waals surface area contributed by atoms with Crippen molar-refractivity contribution in [3.8, 4) is 33.9 Å². The van der Waals surface area contributed by atoms with E-state index in [1.54, 1.807) is 0 Å². The maximum Gasteiger partial charge on any atom is 0.238 e. The Hall–Kier alpha value is -5.81. The fourth-order valence-corrected chi connectivity index (χ4v) is 6.69. The summed E-state index contributed by atoms with van der Waals surface area (Å²) in [4.78, 5) is 17.6. The Morgan fingerprint density at radius 2 is 1.27 bits per heavy atom. The fourth-order valence-electron chi connectivity index (χ4n) is 6.69. The largest absolute Gasteiger partial charge is 0.456 e. The second kappa shape index (κ2) is 10.1. The minimum atomic E-state index is 0.401. The van der Waals surface area contributed by atoms with Crippen LogP contribution in [0, 0.1) is 5.92 Å². The Morgan fingerprint density at radius 1 is 0.622 bits per heavy atom. The first-order valence-electron chi connectivity index (χ1n) is 15.3. The van der Waals surface area contributed by atoms with E-state index in [1.165, 1.54) is 16.7 Å². The van der Waals surface area contributed by atoms with Crippen LogP contribution >= 0.6 is 0 Å². The molecule has 5 heteroatoms. The number of furan rings is 1. The molecule has 45 heavy (non-hydrogen) atoms. The lowest BCUT2D eigenvalue weighted by atomic mass is 9.86. The smallest absolute Gasteiger partial charge is 0.238 e. The highest BCUT2D eigenvalue weighted by atomic mass is 16.3. The highest BCUT2D eigenvalue weighted by molar-refractivity contribution is 6.10. The van der Waals surface area contributed by atoms with Crippen LogP contribution in [0.3, 0.4) is 0 Å². The van der Waals surface area contributed by atoms with Crippen molar-refractivity contribution in [2.75, 3.05) is 4.90 Å². The molecule has 2 aromatic heterocycles. The molecule has 0 radical (unpaired) electrons. The summed E-state index contributed by atoms with van der Waals surface area (Å²) in [6, 6.07) is 41.7. The minimum absolute atomic E-state index is 0.401. The number of anilines is 2. The number of hydrogen-bond donors (Lipinski definition) is 0. The number of rotatable bonds is 3. The van der Waals surface area contributed by atoms with E-state index in [9.17, 15) is 0 Å². The molecule has 0 bridgehead atoms. The van der Waals surface area contributed by atoms with Crippen LogP contribution in [-0.4, -0.2) is 15.0 Å². The Kier molecular flexibility index (Phi) is 5.78. The van der Waals surface area contributed by atoms with Gasteiger partial charge in [0.15, 0.2) is 11.6 Å². The molecule has 1 aliphatic heterocycles. The van der Waals surface area contributed by atoms with Gasteiger partial charge >= 0.3 is 0 Å². The highest BCUT2D eigenvalue weighted by Gasteiger charge is 2.32. The lowest BCUT2D eigenvalue weighted by Gasteiger charge is -2.29. The maximum atomic E-state index is 6.46. The SMILES string of the molecule is CC1C=CC2=C(C1)c1ccccc1-c1cc3c(cc1N2c1nc(-c2ccccc2)nc(-c2ccccc2)n1)oc1ccccc13. The van der Waals surface area contributed by atoms with Gasteiger partial charge < -0.3 is 4.42 Å². The number of benzene rings is 5. The second-order valence-electron chi connectivity index (χ2n) is 11.8. The van der Waals surface area contributed by atoms with Gasteiger partial charge in [0, 0.05) is 33.5 Å². The van der Waals surface area contributed by atoms with Crippen molar-refractivity contribution in [1.82, 2.24) is 15.0 Å². The highest BCUT2D eigenvalue weighted by Crippen LogP contribution is 2.50. The monoisotopic (exact) mass is 580 g/mol. The van der Waals surface area contributed by atoms with Crippen LogP contribution in [0.4, 0.5) is 11.6 Å². The summed E-state index contributed by atoms with van der Waals surface area (Å²) in [5.74, 6) is 2.22. The number of aromatic nitrogens is 3. The van der Waals surface area contributed by atoms with E-state index in [1.807, 2.05) is 72.8 Å². The van der Waals surface area contributed by atoms with Gasteiger partial charge in [-0.3, -0.25) is 4.90 Å². The molecule has 0 spiro atoms. The zero-order valence-electron chi connectivity index (χ0n) is 24.7. The molecular formula is C40H28N4O. The first-order valence-corrected chi connectivity index (χ1v) is 15.3. The fraction of sp³-hybridized carbons (Fsp3) is 0.0750. The van der Waals surface area contributed by atoms with E-state index in [0.717, 1.165) is 56.4 Å². The summed E-state index contributed by atoms with van der Waals surface area (Å²) in [6.45, 7) is 2.27. The van der Waals surface area contributed by atoms with Crippen molar-refractivity contribution in [3.05, 3.63) is 145 Å². The first kappa shape index (κ1) is 25.7. The van der Waals surface area contributed by atoms with Gasteiger partial charge in [-0.2, -0.15) is 9.97 Å². The zero-order chi connectivity index (χ0) is 29.9. The first-order chi connectivity index (χ1) is 22.2. The third-order valence-electron chi connectivity index (χ3n) is 8.82. The van der Waals surface area contributed by atoms with Crippen molar-refractivity contribution >= 4 is 39.1 Å². The van der Waals surface area contributed by atoms with Crippen LogP contribution in [0.2, 0.25) is 0 Å². The molecule has 0 saturated heterocycles. The van der Waals surface area contributed by atoms with Crippen molar-refractivity contribution < 1.29 is 4.42 Å². The number of fused-ring (bicyclic) bond motifs is 7. The summed E-state index contributed by atoms with van der Waals surface area (Å²) < 4.78 is 6.46. The molecule has 5 nitrogen and oxygen atoms in total. The molecule has 1 aliphatic carbocycles. The van der Waals surface area contributed by atoms with Crippen LogP contribution in [0.15, 0.2) is 144 Å². The van der Waals surface area contributed by atoms with Crippen molar-refractivity contribution in [1.29, 1.82) is 0 Å². The summed E-state index contributed by atoms with van der Waals surface area (Å²) in [7, 11) is 0. The van der Waals surface area contributed by atoms with Gasteiger partial charge in [-0.15, -0.1) is 0 Å². The Bertz CT molecular complexity index is 2260. The standard InChI is InChI=1S/C40H28N4O/c1-25-20-21-34-31(22-25)28-16-8-9-17-29(28)32-23-33-30-18-10-11-19-36(30)45-37(33)24-35(32)44(34)40-42-38(26-12-4-2-5-13-26)41-39(43-40)27-14-6-3-7-15-27/h2-21,23-25H,22H2,1H3. The summed E-state index contributed by atoms with van der Waals surface area (Å²) in [5.41, 5.74) is 10.4. The molecule has 3 heterocycles. The second-order valence-corrected chi connectivity index (χ2v) is 11.8. The number of para-hydroxylation sites is 1. The van der Waals surface area contributed by atoms with Gasteiger partial charge in [-0.05, 0) is 47.2 Å². The number of allylic oxidation sites excluding steroid dienone is 3. The molecule has 0 N–H and O–H groups in total. The topological polar surface area (TPSA) is 55.1 Å². The predicted octanol–water partition coefficient (Wildman–Crippen LogP) is 10.2. The zero-order valence-corrected chi connectivity index (χ0v) is 24.7. The van der Waals surface area contributed by atoms with Gasteiger partial charge in [0.25, 0.3) is 0 Å². The molecule has 1 atom stereocenters. The molecule has 5 aromatic carbocycles. The van der Waals surface area contributed by atoms with E-state index in [2.05, 4.69) is 72.5 Å². The van der Waals surface area contributed by atoms with Gasteiger partial charge in [0.1, 0.15) is 11.2 Å². The maximum absolute atomic E-state index is 6.46. The number of hydrogen-bond acceptors (Lipinski definition) is 5. The summed E-state index contributed by atoms with van der Waals surface area (Å²) in [5, 5.41) is 2.20. The van der Waals surface area contributed by atoms with E-state index in [4.69, 9.17) is 19.4 Å². The summed E-state index contributed by atoms with van der Waals surface area (Å²) >= 11 is 0. The minimum Gasteiger partial charge on any atom is -0.456 e. The van der Waals surface area contributed by atoms with Crippen LogP contribution in [-0.2, 0) is 0 Å². The molecule has 1 unspecified atom stereocenters. The van der Waals surface area contributed by atoms with E-state index < -0.39 is 0 Å². The predicted molar refractivity (Wildman–Crippen MR) is 182 cm³/mol. The van der Waals surface area contributed by atoms with Gasteiger partial charge in [0.2, 0.25) is 5.95 Å². The van der Waals surface area contributed by atoms with E-state index >= 15 is 0 Å². The molecule has 214 valence electrons. The molecule has 9 rings (SSSR count). The average Bonchev–Trinajstić information content (AvgIpc) is 3.41. The third-order valence-corrected chi connectivity index (χ3v) is 8.82. The van der Waals surface area contributed by atoms with Gasteiger partial charge in [-0.1, -0.05) is 116 Å². The Balaban J connectivity index is 1.39. The summed E-state index contributed by atoms with van der Waals surface area (Å²) in [6.07, 6.45) is 5.44. The molecule has 0 fully saturated rings. The van der Waals surface area contributed by atoms with E-state index in [0.29, 0.717) is 23.5 Å². The van der Waals surface area contributed by atoms with Crippen molar-refractivity contribution in [2.24, 2.45) is 5.92 Å². The molecule has 7 aromatic rings. The Morgan fingerprint density at radius 3 is 2.00 bits per heavy atom. The van der Waals surface area contributed by atoms with Crippen molar-refractivity contribution in [3.63, 3.8) is 0 Å². The van der Waals surface area contributed by atoms with Crippen molar-refractivity contribution in [2.45, 2.75) is 13.3 Å². The quantitative estimate of drug-likeness (QED) is 0.208. The van der Waals surface area contributed by atoms with E-state index in [-0.39, 0.29) is 0 Å². The van der Waals surface area contributed by atoms with Gasteiger partial charge in [-0.25, -0.2) is 4.98 Å². The van der Waals surface area contributed by atoms with Crippen LogP contribution in [0.5, 0.6) is 0 Å². The third kappa shape index (κ3) is 4.20. The lowest BCUT2D eigenvalue weighted by Crippen LogP contribution is -2.22. The molecule has 0 amide bonds. The average molecular weight is 581 g/mol. The molecule has 2 aliphatic rings.